The Bertz CT molecular complexity index is 112. The van der Waals surface area contributed by atoms with E-state index in [2.05, 4.69) is 26.3 Å². The van der Waals surface area contributed by atoms with Gasteiger partial charge in [-0.2, -0.15) is 0 Å². The highest BCUT2D eigenvalue weighted by Crippen LogP contribution is 2.08. The van der Waals surface area contributed by atoms with Gasteiger partial charge in [0.1, 0.15) is 24.8 Å². The fourth-order valence-corrected chi connectivity index (χ4v) is 0.447. The number of hydrogen-bond donors (Lipinski definition) is 0. The molecule has 0 aliphatic rings. The van der Waals surface area contributed by atoms with Gasteiger partial charge in [-0.3, -0.25) is 0 Å². The molecule has 56 valence electrons. The van der Waals surface area contributed by atoms with Gasteiger partial charge in [-0.15, -0.1) is 0 Å². The molecule has 0 aromatic carbocycles. The average molecular weight is 158 g/mol. The highest BCUT2D eigenvalue weighted by Gasteiger charge is 2.08. The highest BCUT2D eigenvalue weighted by atomic mass is 35.5. The molecule has 0 radical (unpaired) electrons. The Hall–Kier alpha value is -0.790. The maximum atomic E-state index is 3.60. The van der Waals surface area contributed by atoms with E-state index in [1.54, 1.807) is 24.8 Å². The first-order valence-corrected chi connectivity index (χ1v) is 2.67. The van der Waals surface area contributed by atoms with Crippen LogP contribution in [0.15, 0.2) is 51.1 Å². The second-order valence-electron chi connectivity index (χ2n) is 1.62. The van der Waals surface area contributed by atoms with Crippen molar-refractivity contribution in [3.05, 3.63) is 51.1 Å². The molecule has 0 N–H and O–H groups in total. The SMILES string of the molecule is C=C[N+](C=C)(C=C)C=C.[Cl-]. The Kier molecular flexibility index (Phi) is 6.01. The third-order valence-electron chi connectivity index (χ3n) is 1.26. The quantitative estimate of drug-likeness (QED) is 0.478. The zero-order chi connectivity index (χ0) is 7.33. The molecule has 0 atom stereocenters. The van der Waals surface area contributed by atoms with Gasteiger partial charge >= 0.3 is 0 Å². The molecular formula is C8H12ClN. The summed E-state index contributed by atoms with van der Waals surface area (Å²) in [6.07, 6.45) is 6.75. The standard InChI is InChI=1S/C8H12N.ClH/c1-5-9(6-2,7-3)8-4;/h5-8H,1-4H2;1H/q+1;/p-1. The van der Waals surface area contributed by atoms with Crippen molar-refractivity contribution in [2.75, 3.05) is 0 Å². The van der Waals surface area contributed by atoms with Gasteiger partial charge in [0, 0.05) is 0 Å². The lowest BCUT2D eigenvalue weighted by molar-refractivity contribution is -0.713. The molecule has 0 saturated carbocycles. The van der Waals surface area contributed by atoms with Crippen molar-refractivity contribution >= 4 is 0 Å². The summed E-state index contributed by atoms with van der Waals surface area (Å²) < 4.78 is 0.333. The minimum Gasteiger partial charge on any atom is -1.00 e. The van der Waals surface area contributed by atoms with Crippen LogP contribution in [0.4, 0.5) is 0 Å². The zero-order valence-electron chi connectivity index (χ0n) is 5.96. The number of rotatable bonds is 4. The minimum absolute atomic E-state index is 0. The Morgan fingerprint density at radius 2 is 0.900 bits per heavy atom. The molecule has 0 amide bonds. The van der Waals surface area contributed by atoms with Crippen LogP contribution in [-0.4, -0.2) is 4.48 Å². The van der Waals surface area contributed by atoms with E-state index in [9.17, 15) is 0 Å². The second kappa shape index (κ2) is 5.03. The molecule has 1 nitrogen and oxygen atoms in total. The topological polar surface area (TPSA) is 0 Å². The van der Waals surface area contributed by atoms with E-state index in [1.165, 1.54) is 0 Å². The van der Waals surface area contributed by atoms with Gasteiger partial charge in [0.15, 0.2) is 0 Å². The molecule has 0 saturated heterocycles. The summed E-state index contributed by atoms with van der Waals surface area (Å²) in [7, 11) is 0. The third kappa shape index (κ3) is 2.21. The summed E-state index contributed by atoms with van der Waals surface area (Å²) in [5.74, 6) is 0. The lowest BCUT2D eigenvalue weighted by Gasteiger charge is -2.18. The summed E-state index contributed by atoms with van der Waals surface area (Å²) in [6, 6.07) is 0. The van der Waals surface area contributed by atoms with Crippen molar-refractivity contribution in [1.29, 1.82) is 0 Å². The molecular weight excluding hydrogens is 146 g/mol. The van der Waals surface area contributed by atoms with Crippen LogP contribution in [0.5, 0.6) is 0 Å². The van der Waals surface area contributed by atoms with Crippen molar-refractivity contribution in [2.24, 2.45) is 0 Å². The lowest BCUT2D eigenvalue weighted by Crippen LogP contribution is -3.00. The Morgan fingerprint density at radius 1 is 0.700 bits per heavy atom. The van der Waals surface area contributed by atoms with E-state index in [0.717, 1.165) is 0 Å². The van der Waals surface area contributed by atoms with E-state index in [-0.39, 0.29) is 12.4 Å². The number of nitrogens with zero attached hydrogens (tertiary/aromatic N) is 1. The van der Waals surface area contributed by atoms with Gasteiger partial charge in [0.2, 0.25) is 0 Å². The molecule has 0 heterocycles. The van der Waals surface area contributed by atoms with Crippen molar-refractivity contribution in [2.45, 2.75) is 0 Å². The van der Waals surface area contributed by atoms with Gasteiger partial charge in [-0.05, 0) is 26.3 Å². The van der Waals surface area contributed by atoms with Crippen LogP contribution < -0.4 is 12.4 Å². The van der Waals surface area contributed by atoms with Gasteiger partial charge in [0.05, 0.1) is 0 Å². The fourth-order valence-electron chi connectivity index (χ4n) is 0.447. The maximum absolute atomic E-state index is 3.60. The van der Waals surface area contributed by atoms with Crippen molar-refractivity contribution in [1.82, 2.24) is 0 Å². The molecule has 0 aromatic rings. The Balaban J connectivity index is 0. The third-order valence-corrected chi connectivity index (χ3v) is 1.26. The molecule has 0 aliphatic heterocycles. The summed E-state index contributed by atoms with van der Waals surface area (Å²) in [6.45, 7) is 14.4. The molecule has 0 aliphatic carbocycles. The van der Waals surface area contributed by atoms with Crippen LogP contribution in [0.3, 0.4) is 0 Å². The second-order valence-corrected chi connectivity index (χ2v) is 1.62. The first kappa shape index (κ1) is 11.9. The molecule has 0 unspecified atom stereocenters. The van der Waals surface area contributed by atoms with Crippen LogP contribution in [0, 0.1) is 0 Å². The largest absolute Gasteiger partial charge is 1.00 e. The van der Waals surface area contributed by atoms with E-state index in [1.807, 2.05) is 0 Å². The first-order chi connectivity index (χ1) is 4.24. The van der Waals surface area contributed by atoms with Crippen LogP contribution >= 0.6 is 0 Å². The summed E-state index contributed by atoms with van der Waals surface area (Å²) in [4.78, 5) is 0. The van der Waals surface area contributed by atoms with E-state index >= 15 is 0 Å². The first-order valence-electron chi connectivity index (χ1n) is 2.67. The summed E-state index contributed by atoms with van der Waals surface area (Å²) >= 11 is 0. The fraction of sp³-hybridized carbons (Fsp3) is 0. The van der Waals surface area contributed by atoms with Gasteiger partial charge < -0.3 is 12.4 Å². The number of hydrogen-bond acceptors (Lipinski definition) is 0. The molecule has 0 rings (SSSR count). The maximum Gasteiger partial charge on any atom is 0.102 e. The van der Waals surface area contributed by atoms with Crippen LogP contribution in [0.2, 0.25) is 0 Å². The number of quaternary nitrogens is 1. The smallest absolute Gasteiger partial charge is 0.102 e. The predicted molar refractivity (Wildman–Crippen MR) is 41.0 cm³/mol. The van der Waals surface area contributed by atoms with Crippen LogP contribution in [-0.2, 0) is 0 Å². The monoisotopic (exact) mass is 157 g/mol. The lowest BCUT2D eigenvalue weighted by atomic mass is 10.5. The normalized spacial score (nSPS) is 8.80. The molecule has 2 heteroatoms. The molecule has 10 heavy (non-hydrogen) atoms. The zero-order valence-corrected chi connectivity index (χ0v) is 6.72. The highest BCUT2D eigenvalue weighted by molar-refractivity contribution is 4.79. The van der Waals surface area contributed by atoms with Gasteiger partial charge in [-0.25, -0.2) is 4.48 Å². The van der Waals surface area contributed by atoms with E-state index in [4.69, 9.17) is 0 Å². The molecule has 0 fully saturated rings. The van der Waals surface area contributed by atoms with Gasteiger partial charge in [-0.1, -0.05) is 0 Å². The van der Waals surface area contributed by atoms with Crippen LogP contribution in [0.1, 0.15) is 0 Å². The van der Waals surface area contributed by atoms with Gasteiger partial charge in [0.25, 0.3) is 0 Å². The van der Waals surface area contributed by atoms with Crippen molar-refractivity contribution < 1.29 is 16.9 Å². The average Bonchev–Trinajstić information content (AvgIpc) is 1.95. The number of halogens is 1. The van der Waals surface area contributed by atoms with Crippen molar-refractivity contribution in [3.63, 3.8) is 0 Å². The molecule has 0 bridgehead atoms. The minimum atomic E-state index is 0. The predicted octanol–water partition coefficient (Wildman–Crippen LogP) is -0.619. The molecule has 0 aromatic heterocycles. The van der Waals surface area contributed by atoms with Crippen LogP contribution in [0.25, 0.3) is 0 Å². The molecule has 0 spiro atoms. The summed E-state index contributed by atoms with van der Waals surface area (Å²) in [5, 5.41) is 0. The Morgan fingerprint density at radius 3 is 0.900 bits per heavy atom. The van der Waals surface area contributed by atoms with Crippen molar-refractivity contribution in [3.8, 4) is 0 Å². The Labute approximate surface area is 68.7 Å². The van der Waals surface area contributed by atoms with E-state index in [0.29, 0.717) is 4.48 Å². The van der Waals surface area contributed by atoms with E-state index < -0.39 is 0 Å². The summed E-state index contributed by atoms with van der Waals surface area (Å²) in [5.41, 5.74) is 0.